The van der Waals surface area contributed by atoms with Gasteiger partial charge in [0.2, 0.25) is 0 Å². The minimum Gasteiger partial charge on any atom is -0.310 e. The minimum absolute atomic E-state index is 0.119. The normalized spacial score (nSPS) is 13.2. The van der Waals surface area contributed by atoms with E-state index in [2.05, 4.69) is 440 Å². The second-order valence-corrected chi connectivity index (χ2v) is 38.1. The van der Waals surface area contributed by atoms with Crippen molar-refractivity contribution in [3.05, 3.63) is 349 Å². The Morgan fingerprint density at radius 3 is 1.03 bits per heavy atom. The van der Waals surface area contributed by atoms with Crippen molar-refractivity contribution >= 4 is 111 Å². The van der Waals surface area contributed by atoms with Gasteiger partial charge in [0.15, 0.2) is 0 Å². The number of hydrogen-bond donors (Lipinski definition) is 0. The van der Waals surface area contributed by atoms with Crippen LogP contribution in [0.3, 0.4) is 0 Å². The van der Waals surface area contributed by atoms with Gasteiger partial charge in [-0.2, -0.15) is 0 Å². The molecule has 20 rings (SSSR count). The van der Waals surface area contributed by atoms with Gasteiger partial charge in [0.05, 0.1) is 22.4 Å². The van der Waals surface area contributed by atoms with E-state index in [9.17, 15) is 0 Å². The second-order valence-electron chi connectivity index (χ2n) is 38.1. The van der Waals surface area contributed by atoms with Crippen molar-refractivity contribution in [1.82, 2.24) is 4.57 Å². The van der Waals surface area contributed by atoms with Crippen LogP contribution in [-0.4, -0.2) is 11.3 Å². The fourth-order valence-electron chi connectivity index (χ4n) is 19.1. The maximum Gasteiger partial charge on any atom is 0.252 e. The van der Waals surface area contributed by atoms with Gasteiger partial charge in [-0.3, -0.25) is 0 Å². The van der Waals surface area contributed by atoms with Gasteiger partial charge >= 0.3 is 0 Å². The summed E-state index contributed by atoms with van der Waals surface area (Å²) in [5.74, 6) is 0. The van der Waals surface area contributed by atoms with E-state index in [-0.39, 0.29) is 33.8 Å². The smallest absolute Gasteiger partial charge is 0.252 e. The van der Waals surface area contributed by atoms with Gasteiger partial charge in [-0.15, -0.1) is 0 Å². The molecule has 0 spiro atoms. The summed E-state index contributed by atoms with van der Waals surface area (Å²) in [6.07, 6.45) is 0. The lowest BCUT2D eigenvalue weighted by Crippen LogP contribution is -2.61. The summed E-state index contributed by atoms with van der Waals surface area (Å²) in [6, 6.07) is 125. The van der Waals surface area contributed by atoms with Gasteiger partial charge in [0.25, 0.3) is 6.71 Å². The van der Waals surface area contributed by atoms with Crippen molar-refractivity contribution in [2.24, 2.45) is 0 Å². The Bertz CT molecular complexity index is 6650. The Morgan fingerprint density at radius 1 is 0.224 bits per heavy atom. The fourth-order valence-corrected chi connectivity index (χ4v) is 19.1. The third kappa shape index (κ3) is 11.9. The summed E-state index contributed by atoms with van der Waals surface area (Å²) < 4.78 is 2.61. The molecule has 0 saturated heterocycles. The highest BCUT2D eigenvalue weighted by atomic mass is 15.2. The Kier molecular flexibility index (Phi) is 16.6. The first-order chi connectivity index (χ1) is 55.7. The molecular weight excluding hydrogens is 1400 g/mol. The topological polar surface area (TPSA) is 11.4 Å². The molecule has 17 aromatic carbocycles. The van der Waals surface area contributed by atoms with Crippen molar-refractivity contribution in [1.29, 1.82) is 0 Å². The minimum atomic E-state index is -0.359. The molecule has 1 aromatic heterocycles. The van der Waals surface area contributed by atoms with Gasteiger partial charge < -0.3 is 14.4 Å². The number of anilines is 6. The molecule has 0 radical (unpaired) electrons. The Morgan fingerprint density at radius 2 is 0.595 bits per heavy atom. The molecule has 0 fully saturated rings. The van der Waals surface area contributed by atoms with E-state index in [0.29, 0.717) is 0 Å². The number of benzene rings is 17. The Balaban J connectivity index is 0.975. The molecule has 116 heavy (non-hydrogen) atoms. The van der Waals surface area contributed by atoms with Gasteiger partial charge in [-0.25, -0.2) is 0 Å². The van der Waals surface area contributed by atoms with Crippen LogP contribution in [0.4, 0.5) is 34.1 Å². The monoisotopic (exact) mass is 1500 g/mol. The highest BCUT2D eigenvalue weighted by Gasteiger charge is 2.47. The summed E-state index contributed by atoms with van der Waals surface area (Å²) >= 11 is 0. The first kappa shape index (κ1) is 72.5. The molecule has 0 saturated carbocycles. The maximum atomic E-state index is 2.78. The van der Waals surface area contributed by atoms with Crippen LogP contribution in [-0.2, 0) is 27.1 Å². The molecule has 0 unspecified atom stereocenters. The summed E-state index contributed by atoms with van der Waals surface area (Å²) in [7, 11) is 0. The van der Waals surface area contributed by atoms with Crippen LogP contribution < -0.4 is 26.2 Å². The number of nitrogens with zero attached hydrogens (tertiary/aromatic N) is 3. The molecule has 0 bridgehead atoms. The summed E-state index contributed by atoms with van der Waals surface area (Å²) in [5.41, 5.74) is 35.9. The van der Waals surface area contributed by atoms with Crippen LogP contribution in [0.15, 0.2) is 322 Å². The third-order valence-corrected chi connectivity index (χ3v) is 25.4. The largest absolute Gasteiger partial charge is 0.310 e. The Hall–Kier alpha value is -12.5. The molecule has 3 heterocycles. The molecule has 4 heteroatoms. The lowest BCUT2D eigenvalue weighted by atomic mass is 9.33. The average Bonchev–Trinajstić information content (AvgIpc) is 1.12. The van der Waals surface area contributed by atoms with E-state index in [1.807, 2.05) is 0 Å². The van der Waals surface area contributed by atoms with Gasteiger partial charge in [-0.1, -0.05) is 347 Å². The first-order valence-electron chi connectivity index (χ1n) is 41.6. The van der Waals surface area contributed by atoms with Crippen LogP contribution in [0.5, 0.6) is 0 Å². The first-order valence-corrected chi connectivity index (χ1v) is 41.6. The molecule has 0 N–H and O–H groups in total. The standard InChI is InChI=1S/C112H98BN3/c1-108(2,3)81-58-80(59-82(61-81)109(4,5)6)77-50-53-95-94(60-77)113-93-52-51-86(114-96-54-48-73-40-30-46-87-88-47-31-41-74-49-55-97(114)104(102(74)88)103(96)101(73)87)68-98(93)116(106-89(71-36-24-18-25-37-71)62-83(110(7,8)9)63-90(106)72-38-26-19-27-39-72)100-67-85(112(13,14)15)66-99(105(100)113)115(95)107-91(78-44-28-42-75(56-78)69-32-20-16-21-33-69)64-84(111(10,11)12)65-92(107)79-45-29-43-76(57-79)70-34-22-17-23-35-70/h16-68H,1-15H3. The third-order valence-electron chi connectivity index (χ3n) is 25.4. The van der Waals surface area contributed by atoms with E-state index in [1.54, 1.807) is 0 Å². The molecule has 3 nitrogen and oxygen atoms in total. The van der Waals surface area contributed by atoms with E-state index in [4.69, 9.17) is 0 Å². The SMILES string of the molecule is CC(C)(C)c1cc(-c2ccc3c(c2)B2c4ccc(-n5c6ccc7cccc8c9cccc%10ccc5c(c%109)c6c78)cc4N(c4c(-c5ccccc5)cc(C(C)(C)C)cc4-c4ccccc4)c4cc(C(C)(C)C)cc(c42)N3c2c(-c3cccc(-c4ccccc4)c3)cc(C(C)(C)C)cc2-c2cccc(-c3ccccc3)c2)cc(C(C)(C)C)c1. The van der Waals surface area contributed by atoms with E-state index in [1.165, 1.54) is 143 Å². The molecule has 564 valence electrons. The zero-order valence-corrected chi connectivity index (χ0v) is 69.5. The van der Waals surface area contributed by atoms with Crippen molar-refractivity contribution in [2.45, 2.75) is 131 Å². The fraction of sp³-hybridized carbons (Fsp3) is 0.179. The highest BCUT2D eigenvalue weighted by molar-refractivity contribution is 7.00. The average molecular weight is 1500 g/mol. The second kappa shape index (κ2) is 26.5. The van der Waals surface area contributed by atoms with E-state index in [0.717, 1.165) is 73.2 Å². The van der Waals surface area contributed by atoms with Crippen LogP contribution in [0.25, 0.3) is 138 Å². The van der Waals surface area contributed by atoms with E-state index >= 15 is 0 Å². The van der Waals surface area contributed by atoms with Crippen molar-refractivity contribution in [3.8, 4) is 83.6 Å². The van der Waals surface area contributed by atoms with Crippen molar-refractivity contribution < 1.29 is 0 Å². The predicted octanol–water partition coefficient (Wildman–Crippen LogP) is 29.4. The van der Waals surface area contributed by atoms with Crippen molar-refractivity contribution in [2.75, 3.05) is 9.80 Å². The van der Waals surface area contributed by atoms with E-state index < -0.39 is 0 Å². The summed E-state index contributed by atoms with van der Waals surface area (Å²) in [5, 5.41) is 10.4. The van der Waals surface area contributed by atoms with Gasteiger partial charge in [-0.05, 0) is 238 Å². The van der Waals surface area contributed by atoms with Gasteiger partial charge in [0.1, 0.15) is 0 Å². The molecule has 0 amide bonds. The Labute approximate surface area is 685 Å². The molecule has 2 aliphatic rings. The van der Waals surface area contributed by atoms with Gasteiger partial charge in [0, 0.05) is 61.5 Å². The van der Waals surface area contributed by atoms with Crippen LogP contribution in [0.2, 0.25) is 0 Å². The van der Waals surface area contributed by atoms with Crippen LogP contribution >= 0.6 is 0 Å². The van der Waals surface area contributed by atoms with Crippen LogP contribution in [0.1, 0.15) is 132 Å². The summed E-state index contributed by atoms with van der Waals surface area (Å²) in [4.78, 5) is 5.55. The number of hydrogen-bond acceptors (Lipinski definition) is 2. The number of fused-ring (bicyclic) bond motifs is 5. The lowest BCUT2D eigenvalue weighted by Gasteiger charge is -2.47. The quantitative estimate of drug-likeness (QED) is 0.0768. The van der Waals surface area contributed by atoms with Crippen LogP contribution in [0, 0.1) is 0 Å². The lowest BCUT2D eigenvalue weighted by molar-refractivity contribution is 0.569. The molecule has 0 aliphatic carbocycles. The molecule has 0 atom stereocenters. The zero-order chi connectivity index (χ0) is 79.8. The van der Waals surface area contributed by atoms with Crippen molar-refractivity contribution in [3.63, 3.8) is 0 Å². The zero-order valence-electron chi connectivity index (χ0n) is 69.5. The summed E-state index contributed by atoms with van der Waals surface area (Å²) in [6.45, 7) is 35.5. The molecular formula is C112H98BN3. The number of aromatic nitrogens is 1. The molecule has 18 aromatic rings. The highest BCUT2D eigenvalue weighted by Crippen LogP contribution is 2.57. The predicted molar refractivity (Wildman–Crippen MR) is 501 cm³/mol. The maximum absolute atomic E-state index is 2.78. The molecule has 2 aliphatic heterocycles. The number of rotatable bonds is 10.